The standard InChI is InChI=1S/C15H10N2O/c1-2-8-14-11(5-1)12-6-3-7-13(15(12)18-14)17-10-4-9-16-17/h1-10H. The fraction of sp³-hybridized carbons (Fsp3) is 0. The Morgan fingerprint density at radius 2 is 1.78 bits per heavy atom. The van der Waals surface area contributed by atoms with E-state index in [0.29, 0.717) is 0 Å². The molecule has 0 aliphatic rings. The first kappa shape index (κ1) is 9.48. The monoisotopic (exact) mass is 234 g/mol. The molecule has 0 spiro atoms. The maximum atomic E-state index is 5.95. The van der Waals surface area contributed by atoms with E-state index in [1.54, 1.807) is 6.20 Å². The Hall–Kier alpha value is -2.55. The Labute approximate surface area is 103 Å². The second-order valence-electron chi connectivity index (χ2n) is 4.20. The molecule has 3 heteroatoms. The molecule has 18 heavy (non-hydrogen) atoms. The minimum absolute atomic E-state index is 0.877. The minimum atomic E-state index is 0.877. The van der Waals surface area contributed by atoms with Crippen molar-refractivity contribution in [1.29, 1.82) is 0 Å². The number of furan rings is 1. The third-order valence-corrected chi connectivity index (χ3v) is 3.13. The van der Waals surface area contributed by atoms with Gasteiger partial charge in [0.25, 0.3) is 0 Å². The molecule has 0 saturated heterocycles. The first-order chi connectivity index (χ1) is 8.93. The summed E-state index contributed by atoms with van der Waals surface area (Å²) in [6, 6.07) is 16.1. The highest BCUT2D eigenvalue weighted by Gasteiger charge is 2.10. The van der Waals surface area contributed by atoms with Crippen LogP contribution in [0.3, 0.4) is 0 Å². The molecule has 2 heterocycles. The maximum absolute atomic E-state index is 5.95. The van der Waals surface area contributed by atoms with E-state index in [2.05, 4.69) is 17.2 Å². The molecule has 0 unspecified atom stereocenters. The van der Waals surface area contributed by atoms with Crippen molar-refractivity contribution in [2.75, 3.05) is 0 Å². The molecular formula is C15H10N2O. The maximum Gasteiger partial charge on any atom is 0.161 e. The summed E-state index contributed by atoms with van der Waals surface area (Å²) < 4.78 is 7.77. The predicted molar refractivity (Wildman–Crippen MR) is 70.8 cm³/mol. The van der Waals surface area contributed by atoms with Crippen LogP contribution in [0.5, 0.6) is 0 Å². The molecule has 0 aliphatic heterocycles. The molecule has 0 atom stereocenters. The van der Waals surface area contributed by atoms with Gasteiger partial charge in [0, 0.05) is 23.2 Å². The molecule has 0 aliphatic carbocycles. The van der Waals surface area contributed by atoms with Gasteiger partial charge in [-0.2, -0.15) is 5.10 Å². The van der Waals surface area contributed by atoms with E-state index in [4.69, 9.17) is 4.42 Å². The van der Waals surface area contributed by atoms with E-state index in [0.717, 1.165) is 27.6 Å². The highest BCUT2D eigenvalue weighted by molar-refractivity contribution is 6.07. The molecule has 0 radical (unpaired) electrons. The first-order valence-corrected chi connectivity index (χ1v) is 5.84. The molecule has 4 rings (SSSR count). The van der Waals surface area contributed by atoms with Gasteiger partial charge in [0.15, 0.2) is 5.58 Å². The minimum Gasteiger partial charge on any atom is -0.454 e. The van der Waals surface area contributed by atoms with Crippen LogP contribution in [0.15, 0.2) is 65.3 Å². The van der Waals surface area contributed by atoms with E-state index >= 15 is 0 Å². The van der Waals surface area contributed by atoms with Crippen molar-refractivity contribution in [2.24, 2.45) is 0 Å². The van der Waals surface area contributed by atoms with Crippen LogP contribution in [0.1, 0.15) is 0 Å². The molecule has 0 amide bonds. The number of hydrogen-bond donors (Lipinski definition) is 0. The zero-order valence-corrected chi connectivity index (χ0v) is 9.58. The lowest BCUT2D eigenvalue weighted by Crippen LogP contribution is -1.93. The van der Waals surface area contributed by atoms with Crippen molar-refractivity contribution in [1.82, 2.24) is 9.78 Å². The average Bonchev–Trinajstić information content (AvgIpc) is 3.05. The Bertz CT molecular complexity index is 828. The quantitative estimate of drug-likeness (QED) is 0.502. The Balaban J connectivity index is 2.17. The van der Waals surface area contributed by atoms with Crippen molar-refractivity contribution in [3.8, 4) is 5.69 Å². The van der Waals surface area contributed by atoms with Gasteiger partial charge in [-0.15, -0.1) is 0 Å². The average molecular weight is 234 g/mol. The summed E-state index contributed by atoms with van der Waals surface area (Å²) in [5, 5.41) is 6.53. The van der Waals surface area contributed by atoms with Gasteiger partial charge in [-0.3, -0.25) is 0 Å². The predicted octanol–water partition coefficient (Wildman–Crippen LogP) is 3.77. The van der Waals surface area contributed by atoms with Crippen LogP contribution < -0.4 is 0 Å². The van der Waals surface area contributed by atoms with Crippen LogP contribution >= 0.6 is 0 Å². The second kappa shape index (κ2) is 3.47. The smallest absolute Gasteiger partial charge is 0.161 e. The number of nitrogens with zero attached hydrogens (tertiary/aromatic N) is 2. The molecule has 2 aromatic heterocycles. The van der Waals surface area contributed by atoms with E-state index in [9.17, 15) is 0 Å². The lowest BCUT2D eigenvalue weighted by molar-refractivity contribution is 0.662. The summed E-state index contributed by atoms with van der Waals surface area (Å²) in [6.45, 7) is 0. The molecule has 4 aromatic rings. The van der Waals surface area contributed by atoms with Gasteiger partial charge in [-0.25, -0.2) is 4.68 Å². The van der Waals surface area contributed by atoms with Crippen LogP contribution in [0.25, 0.3) is 27.6 Å². The Morgan fingerprint density at radius 3 is 2.67 bits per heavy atom. The van der Waals surface area contributed by atoms with Crippen molar-refractivity contribution < 1.29 is 4.42 Å². The van der Waals surface area contributed by atoms with Crippen LogP contribution in [-0.2, 0) is 0 Å². The number of aromatic nitrogens is 2. The molecule has 0 fully saturated rings. The molecule has 2 aromatic carbocycles. The third kappa shape index (κ3) is 1.21. The van der Waals surface area contributed by atoms with Gasteiger partial charge in [0.05, 0.1) is 0 Å². The van der Waals surface area contributed by atoms with Gasteiger partial charge >= 0.3 is 0 Å². The lowest BCUT2D eigenvalue weighted by atomic mass is 10.1. The number of rotatable bonds is 1. The van der Waals surface area contributed by atoms with E-state index in [1.807, 2.05) is 47.3 Å². The van der Waals surface area contributed by atoms with Gasteiger partial charge in [0.2, 0.25) is 0 Å². The summed E-state index contributed by atoms with van der Waals surface area (Å²) in [5.74, 6) is 0. The van der Waals surface area contributed by atoms with Gasteiger partial charge in [-0.1, -0.05) is 30.3 Å². The summed E-state index contributed by atoms with van der Waals surface area (Å²) in [6.07, 6.45) is 3.68. The summed E-state index contributed by atoms with van der Waals surface area (Å²) in [5.41, 5.74) is 2.75. The van der Waals surface area contributed by atoms with Gasteiger partial charge in [0.1, 0.15) is 11.3 Å². The molecule has 86 valence electrons. The number of hydrogen-bond acceptors (Lipinski definition) is 2. The van der Waals surface area contributed by atoms with Crippen molar-refractivity contribution in [2.45, 2.75) is 0 Å². The van der Waals surface area contributed by atoms with Crippen LogP contribution in [-0.4, -0.2) is 9.78 Å². The zero-order valence-electron chi connectivity index (χ0n) is 9.58. The topological polar surface area (TPSA) is 31.0 Å². The SMILES string of the molecule is c1ccc2c(c1)oc1c(-n3cccn3)cccc12. The summed E-state index contributed by atoms with van der Waals surface area (Å²) in [4.78, 5) is 0. The fourth-order valence-electron chi connectivity index (χ4n) is 2.32. The second-order valence-corrected chi connectivity index (χ2v) is 4.20. The molecule has 3 nitrogen and oxygen atoms in total. The Kier molecular flexibility index (Phi) is 1.83. The third-order valence-electron chi connectivity index (χ3n) is 3.13. The van der Waals surface area contributed by atoms with E-state index in [1.165, 1.54) is 0 Å². The molecule has 0 saturated carbocycles. The van der Waals surface area contributed by atoms with Crippen LogP contribution in [0.2, 0.25) is 0 Å². The normalized spacial score (nSPS) is 11.3. The summed E-state index contributed by atoms with van der Waals surface area (Å²) >= 11 is 0. The van der Waals surface area contributed by atoms with Crippen molar-refractivity contribution >= 4 is 21.9 Å². The van der Waals surface area contributed by atoms with E-state index in [-0.39, 0.29) is 0 Å². The first-order valence-electron chi connectivity index (χ1n) is 5.84. The summed E-state index contributed by atoms with van der Waals surface area (Å²) in [7, 11) is 0. The molecule has 0 bridgehead atoms. The fourth-order valence-corrected chi connectivity index (χ4v) is 2.32. The van der Waals surface area contributed by atoms with Gasteiger partial charge < -0.3 is 4.42 Å². The number of para-hydroxylation sites is 2. The highest BCUT2D eigenvalue weighted by Crippen LogP contribution is 2.31. The largest absolute Gasteiger partial charge is 0.454 e. The Morgan fingerprint density at radius 1 is 0.889 bits per heavy atom. The number of benzene rings is 2. The highest BCUT2D eigenvalue weighted by atomic mass is 16.3. The lowest BCUT2D eigenvalue weighted by Gasteiger charge is -2.01. The van der Waals surface area contributed by atoms with E-state index < -0.39 is 0 Å². The van der Waals surface area contributed by atoms with Crippen LogP contribution in [0, 0.1) is 0 Å². The van der Waals surface area contributed by atoms with Crippen molar-refractivity contribution in [3.05, 3.63) is 60.9 Å². The molecular weight excluding hydrogens is 224 g/mol. The van der Waals surface area contributed by atoms with Gasteiger partial charge in [-0.05, 0) is 18.2 Å². The number of fused-ring (bicyclic) bond motifs is 3. The van der Waals surface area contributed by atoms with Crippen molar-refractivity contribution in [3.63, 3.8) is 0 Å². The zero-order chi connectivity index (χ0) is 11.9. The van der Waals surface area contributed by atoms with Crippen LogP contribution in [0.4, 0.5) is 0 Å². The molecule has 0 N–H and O–H groups in total.